The third-order valence-electron chi connectivity index (χ3n) is 22.7. The fraction of sp³-hybridized carbons (Fsp3) is 0.105. The van der Waals surface area contributed by atoms with Crippen molar-refractivity contribution < 1.29 is 105 Å². The highest BCUT2D eigenvalue weighted by atomic mass is 28.3. The van der Waals surface area contributed by atoms with Crippen LogP contribution in [0.1, 0.15) is 107 Å². The van der Waals surface area contributed by atoms with Crippen LogP contribution in [0.3, 0.4) is 0 Å². The van der Waals surface area contributed by atoms with Crippen molar-refractivity contribution in [2.45, 2.75) is 52.4 Å². The number of nitrogen functional groups attached to an aromatic ring is 1. The molecule has 6 aliphatic rings. The number of aromatic carboxylic acids is 4. The van der Waals surface area contributed by atoms with Gasteiger partial charge in [-0.15, -0.1) is 0 Å². The van der Waals surface area contributed by atoms with Gasteiger partial charge in [-0.3, -0.25) is 38.8 Å². The summed E-state index contributed by atoms with van der Waals surface area (Å²) in [6, 6.07) is 44.4. The second kappa shape index (κ2) is 34.8. The second-order valence-corrected chi connectivity index (χ2v) is 44.5. The number of phenols is 3. The van der Waals surface area contributed by atoms with Crippen molar-refractivity contribution in [1.82, 2.24) is 14.9 Å². The molecule has 8 aromatic carbocycles. The van der Waals surface area contributed by atoms with Gasteiger partial charge in [-0.1, -0.05) is 106 Å². The van der Waals surface area contributed by atoms with E-state index in [0.29, 0.717) is 43.2 Å². The quantitative estimate of drug-likeness (QED) is 0.0203. The van der Waals surface area contributed by atoms with Crippen LogP contribution in [-0.2, 0) is 27.5 Å². The van der Waals surface area contributed by atoms with Crippen LogP contribution >= 0.6 is 0 Å². The van der Waals surface area contributed by atoms with Crippen molar-refractivity contribution in [2.24, 2.45) is 0 Å². The number of rotatable bonds is 19. The Morgan fingerprint density at radius 2 is 0.701 bits per heavy atom. The summed E-state index contributed by atoms with van der Waals surface area (Å²) in [5.41, 5.74) is 11.1. The molecule has 0 atom stereocenters. The summed E-state index contributed by atoms with van der Waals surface area (Å²) in [5, 5.41) is 79.0. The van der Waals surface area contributed by atoms with E-state index in [1.165, 1.54) is 85.0 Å². The zero-order chi connectivity index (χ0) is 91.3. The number of allylic oxidation sites excluding steroid dienone is 15. The smallest absolute Gasteiger partial charge is 0.336 e. The summed E-state index contributed by atoms with van der Waals surface area (Å²) in [4.78, 5) is 123. The molecule has 3 aliphatic carbocycles. The van der Waals surface area contributed by atoms with Crippen LogP contribution in [0.15, 0.2) is 275 Å². The summed E-state index contributed by atoms with van der Waals surface area (Å²) in [6.45, 7) is 12.6. The topological polar surface area (TPSA) is 386 Å². The SMILES string of the molecule is C[Si]1(C)C2=C(F)C(=O)C=CC2=C(c2ccc(C(=O)Nc3ccc(N)cc3)cc2C(=O)O)c2ccc(O)c(F)c21.C[Si]1(C)C2=C(F)C(=O)C=CC2=C(c2ccc(C(=O)Nc3ccc(NCCN(Cc4ccccn4)Cc4ccccn4)cc3)cc2C(=O)O)c2ccc(O)c(F)c21.C[Si]1(C)C2=C(F)C(=O)C=CC2=C(c2ccc(C(=O)O)cc2C(=O)O)c2ccc(O)c(F)c21. The Morgan fingerprint density at radius 3 is 1.02 bits per heavy atom. The number of nitrogens with two attached hydrogens (primary N) is 1. The minimum atomic E-state index is -3.28. The molecule has 12 N–H and O–H groups in total. The Kier molecular flexibility index (Phi) is 24.1. The number of carboxylic acid groups (broad SMARTS) is 4. The number of carbonyl (C=O) groups is 9. The summed E-state index contributed by atoms with van der Waals surface area (Å²) >= 11 is 0. The standard InChI is InChI=1S/C43H37F2N5O5Si.C29H22F2N2O5Si.C23H16F2O6Si/c1-56(2)40-32(15-17-35(51)38(40)44)37(33-16-18-36(52)39(45)41(33)56)31-14-9-26(23-34(31)43(54)55)42(53)49-28-12-10-27(11-13-28)48-21-22-50(24-29-7-3-5-19-46-29)25-30-8-4-6-20-47-30;1-39(2)26-18(9-11-21(34)24(26)30)23(19-10-12-22(35)25(31)27(19)39)17-8-3-14(13-20(17)29(37)38)28(36)33-16-6-4-15(32)5-7-16;1-32(2)20-12(5-7-15(26)18(20)24)17(13-6-8-16(27)19(25)21(13)32)11-4-3-10(22(28)29)9-14(11)23(30)31/h3-20,23,48,51H,21-22,24-25H2,1-2H3,(H,49,53)(H,54,55);3-13,34H,32H2,1-2H3,(H,33,36)(H,37,38);3-9,26H,1-2H3,(H,28,29)(H,30,31). The molecule has 5 heterocycles. The largest absolute Gasteiger partial charge is 0.505 e. The van der Waals surface area contributed by atoms with Crippen molar-refractivity contribution in [1.29, 1.82) is 0 Å². The number of fused-ring (bicyclic) bond motifs is 6. The van der Waals surface area contributed by atoms with Gasteiger partial charge in [-0.05, 0) is 244 Å². The first-order valence-electron chi connectivity index (χ1n) is 39.2. The minimum absolute atomic E-state index is 0.00403. The first-order chi connectivity index (χ1) is 60.3. The zero-order valence-electron chi connectivity index (χ0n) is 68.2. The molecular weight excluding hydrogens is 1690 g/mol. The Bertz CT molecular complexity index is 6720. The van der Waals surface area contributed by atoms with Crippen LogP contribution in [0.2, 0.25) is 39.3 Å². The van der Waals surface area contributed by atoms with E-state index in [4.69, 9.17) is 5.73 Å². The molecule has 32 heteroatoms. The van der Waals surface area contributed by atoms with E-state index in [9.17, 15) is 78.9 Å². The third-order valence-corrected chi connectivity index (χ3v) is 33.1. The molecule has 0 unspecified atom stereocenters. The van der Waals surface area contributed by atoms with Gasteiger partial charge in [-0.2, -0.15) is 0 Å². The van der Waals surface area contributed by atoms with Gasteiger partial charge in [-0.25, -0.2) is 45.5 Å². The van der Waals surface area contributed by atoms with Gasteiger partial charge in [0.15, 0.2) is 52.2 Å². The summed E-state index contributed by atoms with van der Waals surface area (Å²) < 4.78 is 92.5. The molecule has 23 nitrogen and oxygen atoms in total. The van der Waals surface area contributed by atoms with Crippen LogP contribution < -0.4 is 37.2 Å². The highest BCUT2D eigenvalue weighted by Crippen LogP contribution is 2.50. The fourth-order valence-electron chi connectivity index (χ4n) is 16.9. The molecule has 2 amide bonds. The average molecular weight is 1770 g/mol. The van der Waals surface area contributed by atoms with Gasteiger partial charge in [0.25, 0.3) is 11.8 Å². The first-order valence-corrected chi connectivity index (χ1v) is 48.2. The fourth-order valence-corrected chi connectivity index (χ4v) is 26.9. The van der Waals surface area contributed by atoms with E-state index in [1.54, 1.807) is 88.1 Å². The van der Waals surface area contributed by atoms with Crippen LogP contribution in [0.5, 0.6) is 17.2 Å². The minimum Gasteiger partial charge on any atom is -0.505 e. The van der Waals surface area contributed by atoms with Gasteiger partial charge < -0.3 is 57.4 Å². The van der Waals surface area contributed by atoms with Crippen molar-refractivity contribution in [3.05, 3.63) is 370 Å². The number of nitrogens with one attached hydrogen (secondary N) is 3. The normalized spacial score (nSPS) is 15.4. The highest BCUT2D eigenvalue weighted by Gasteiger charge is 2.50. The molecule has 2 aromatic heterocycles. The van der Waals surface area contributed by atoms with Crippen LogP contribution in [-0.4, -0.2) is 141 Å². The van der Waals surface area contributed by atoms with Gasteiger partial charge in [0.1, 0.15) is 24.2 Å². The predicted octanol–water partition coefficient (Wildman–Crippen LogP) is 15.3. The number of carbonyl (C=O) groups excluding carboxylic acids is 5. The lowest BCUT2D eigenvalue weighted by atomic mass is 9.86. The molecule has 3 aliphatic heterocycles. The number of amides is 2. The molecule has 0 spiro atoms. The van der Waals surface area contributed by atoms with Crippen molar-refractivity contribution >= 4 is 132 Å². The maximum atomic E-state index is 15.7. The van der Waals surface area contributed by atoms with E-state index in [1.807, 2.05) is 48.5 Å². The van der Waals surface area contributed by atoms with Gasteiger partial charge >= 0.3 is 23.9 Å². The molecule has 0 radical (unpaired) electrons. The maximum absolute atomic E-state index is 15.7. The van der Waals surface area contributed by atoms with Crippen LogP contribution in [0.25, 0.3) is 16.7 Å². The lowest BCUT2D eigenvalue weighted by Crippen LogP contribution is -2.51. The van der Waals surface area contributed by atoms with Crippen LogP contribution in [0, 0.1) is 17.5 Å². The Hall–Kier alpha value is -15.3. The first kappa shape index (κ1) is 88.1. The summed E-state index contributed by atoms with van der Waals surface area (Å²) in [6.07, 6.45) is 10.9. The lowest BCUT2D eigenvalue weighted by Gasteiger charge is -2.38. The number of hydrogen-bond donors (Lipinski definition) is 11. The Labute approximate surface area is 723 Å². The van der Waals surface area contributed by atoms with Crippen molar-refractivity contribution in [3.63, 3.8) is 0 Å². The molecule has 16 rings (SSSR count). The highest BCUT2D eigenvalue weighted by molar-refractivity contribution is 6.99. The Balaban J connectivity index is 0.000000161. The molecule has 10 aromatic rings. The number of aromatic nitrogens is 2. The molecule has 0 saturated carbocycles. The van der Waals surface area contributed by atoms with E-state index >= 15 is 26.3 Å². The number of phenolic OH excluding ortho intramolecular Hbond substituents is 3. The van der Waals surface area contributed by atoms with Gasteiger partial charge in [0.2, 0.25) is 17.3 Å². The summed E-state index contributed by atoms with van der Waals surface area (Å²) in [5.74, 6) is -17.2. The molecule has 0 saturated heterocycles. The summed E-state index contributed by atoms with van der Waals surface area (Å²) in [7, 11) is -9.71. The van der Waals surface area contributed by atoms with E-state index in [2.05, 4.69) is 30.8 Å². The molecule has 0 bridgehead atoms. The monoisotopic (exact) mass is 1770 g/mol. The Morgan fingerprint density at radius 1 is 0.386 bits per heavy atom. The van der Waals surface area contributed by atoms with E-state index < -0.39 is 129 Å². The number of halogens is 6. The number of carboxylic acids is 4. The molecule has 127 heavy (non-hydrogen) atoms. The number of aromatic hydroxyl groups is 3. The van der Waals surface area contributed by atoms with Crippen molar-refractivity contribution in [2.75, 3.05) is 34.8 Å². The number of pyridine rings is 2. The number of ketones is 3. The zero-order valence-corrected chi connectivity index (χ0v) is 71.2. The molecule has 0 fully saturated rings. The molecule has 640 valence electrons. The van der Waals surface area contributed by atoms with Gasteiger partial charge in [0.05, 0.1) is 33.6 Å². The third kappa shape index (κ3) is 16.7. The lowest BCUT2D eigenvalue weighted by molar-refractivity contribution is -0.113. The van der Waals surface area contributed by atoms with E-state index in [-0.39, 0.29) is 131 Å². The number of benzene rings is 8. The van der Waals surface area contributed by atoms with Gasteiger partial charge in [0, 0.05) is 72.4 Å². The van der Waals surface area contributed by atoms with Crippen molar-refractivity contribution in [3.8, 4) is 17.2 Å². The molecular formula is C95H75F6N7O16Si3. The number of nitrogens with zero attached hydrogens (tertiary/aromatic N) is 3. The number of anilines is 4. The maximum Gasteiger partial charge on any atom is 0.336 e. The average Bonchev–Trinajstić information content (AvgIpc) is 0.716. The van der Waals surface area contributed by atoms with E-state index in [0.717, 1.165) is 59.6 Å². The second-order valence-electron chi connectivity index (χ2n) is 31.8. The number of hydrogen-bond acceptors (Lipinski definition) is 17. The van der Waals surface area contributed by atoms with Crippen LogP contribution in [0.4, 0.5) is 49.1 Å². The predicted molar refractivity (Wildman–Crippen MR) is 472 cm³/mol.